The van der Waals surface area contributed by atoms with Gasteiger partial charge in [-0.2, -0.15) is 0 Å². The lowest BCUT2D eigenvalue weighted by Gasteiger charge is -2.23. The number of aliphatic hydroxyl groups is 1. The number of halogens is 1. The van der Waals surface area contributed by atoms with E-state index in [2.05, 4.69) is 11.6 Å². The molecule has 0 bridgehead atoms. The highest BCUT2D eigenvalue weighted by molar-refractivity contribution is 7.17. The molecule has 1 atom stereocenters. The number of ether oxygens (including phenoxy) is 2. The van der Waals surface area contributed by atoms with E-state index in [0.717, 1.165) is 22.7 Å². The van der Waals surface area contributed by atoms with E-state index < -0.39 is 35.3 Å². The highest BCUT2D eigenvalue weighted by Gasteiger charge is 2.49. The molecule has 4 rings (SSSR count). The van der Waals surface area contributed by atoms with Crippen molar-refractivity contribution in [2.24, 2.45) is 0 Å². The fourth-order valence-corrected chi connectivity index (χ4v) is 5.21. The molecule has 1 aliphatic rings. The molecular weight excluding hydrogens is 523 g/mol. The van der Waals surface area contributed by atoms with Crippen LogP contribution >= 0.6 is 11.3 Å². The second-order valence-corrected chi connectivity index (χ2v) is 9.79. The number of esters is 1. The number of hydrogen-bond acceptors (Lipinski definition) is 8. The minimum atomic E-state index is -1.33. The third-order valence-electron chi connectivity index (χ3n) is 6.06. The molecule has 0 aliphatic carbocycles. The first-order chi connectivity index (χ1) is 18.7. The average Bonchev–Trinajstić information content (AvgIpc) is 3.42. The molecule has 1 saturated heterocycles. The van der Waals surface area contributed by atoms with Crippen LogP contribution in [0.4, 0.5) is 9.52 Å². The van der Waals surface area contributed by atoms with Crippen molar-refractivity contribution in [1.82, 2.24) is 4.98 Å². The summed E-state index contributed by atoms with van der Waals surface area (Å²) in [5.74, 6) is -3.21. The Balaban J connectivity index is 1.86. The molecule has 1 amide bonds. The fraction of sp³-hybridized carbons (Fsp3) is 0.241. The van der Waals surface area contributed by atoms with Gasteiger partial charge in [-0.15, -0.1) is 0 Å². The van der Waals surface area contributed by atoms with Gasteiger partial charge < -0.3 is 14.6 Å². The van der Waals surface area contributed by atoms with Gasteiger partial charge in [0, 0.05) is 11.1 Å². The molecule has 0 radical (unpaired) electrons. The Hall–Kier alpha value is -4.31. The Morgan fingerprint density at radius 1 is 1.23 bits per heavy atom. The maximum absolute atomic E-state index is 15.1. The number of carbonyl (C=O) groups excluding carboxylic acids is 3. The predicted octanol–water partition coefficient (Wildman–Crippen LogP) is 5.66. The van der Waals surface area contributed by atoms with Crippen molar-refractivity contribution < 1.29 is 33.4 Å². The minimum Gasteiger partial charge on any atom is -0.507 e. The van der Waals surface area contributed by atoms with Crippen LogP contribution in [0.25, 0.3) is 5.76 Å². The lowest BCUT2D eigenvalue weighted by atomic mass is 9.94. The molecule has 2 heterocycles. The summed E-state index contributed by atoms with van der Waals surface area (Å²) in [6.07, 6.45) is 2.23. The van der Waals surface area contributed by atoms with Crippen molar-refractivity contribution in [3.05, 3.63) is 93.8 Å². The third-order valence-corrected chi connectivity index (χ3v) is 7.20. The zero-order chi connectivity index (χ0) is 28.3. The second-order valence-electron chi connectivity index (χ2n) is 8.82. The van der Waals surface area contributed by atoms with E-state index in [1.807, 2.05) is 6.92 Å². The maximum Gasteiger partial charge on any atom is 0.350 e. The van der Waals surface area contributed by atoms with Gasteiger partial charge in [0.25, 0.3) is 5.78 Å². The van der Waals surface area contributed by atoms with Crippen LogP contribution in [0.5, 0.6) is 5.75 Å². The van der Waals surface area contributed by atoms with Gasteiger partial charge in [-0.3, -0.25) is 14.5 Å². The monoisotopic (exact) mass is 550 g/mol. The summed E-state index contributed by atoms with van der Waals surface area (Å²) >= 11 is 0.837. The largest absolute Gasteiger partial charge is 0.507 e. The Kier molecular flexibility index (Phi) is 8.25. The molecule has 0 unspecified atom stereocenters. The number of anilines is 1. The van der Waals surface area contributed by atoms with Gasteiger partial charge in [-0.25, -0.2) is 14.2 Å². The summed E-state index contributed by atoms with van der Waals surface area (Å²) in [5.41, 5.74) is 0.940. The summed E-state index contributed by atoms with van der Waals surface area (Å²) in [5, 5.41) is 11.3. The van der Waals surface area contributed by atoms with Crippen LogP contribution in [0.1, 0.15) is 51.4 Å². The van der Waals surface area contributed by atoms with Gasteiger partial charge in [-0.05, 0) is 50.1 Å². The van der Waals surface area contributed by atoms with E-state index >= 15 is 4.39 Å². The molecule has 1 aliphatic heterocycles. The van der Waals surface area contributed by atoms with Crippen LogP contribution in [0.2, 0.25) is 0 Å². The highest BCUT2D eigenvalue weighted by Crippen LogP contribution is 2.44. The number of Topliss-reactive ketones (excluding diaryl/α,β-unsaturated/α-hetero) is 1. The van der Waals surface area contributed by atoms with Crippen LogP contribution in [-0.4, -0.2) is 41.0 Å². The molecular formula is C29H27FN2O6S. The van der Waals surface area contributed by atoms with E-state index in [4.69, 9.17) is 9.47 Å². The predicted molar refractivity (Wildman–Crippen MR) is 145 cm³/mol. The Morgan fingerprint density at radius 2 is 1.97 bits per heavy atom. The Labute approximate surface area is 229 Å². The van der Waals surface area contributed by atoms with Crippen molar-refractivity contribution in [1.29, 1.82) is 0 Å². The quantitative estimate of drug-likeness (QED) is 0.121. The summed E-state index contributed by atoms with van der Waals surface area (Å²) < 4.78 is 25.9. The molecule has 1 aromatic heterocycles. The van der Waals surface area contributed by atoms with Crippen LogP contribution in [-0.2, 0) is 14.3 Å². The van der Waals surface area contributed by atoms with Crippen molar-refractivity contribution in [3.63, 3.8) is 0 Å². The number of aryl methyl sites for hydroxylation is 2. The van der Waals surface area contributed by atoms with E-state index in [0.29, 0.717) is 17.9 Å². The second kappa shape index (κ2) is 11.6. The standard InChI is InChI=1S/C29H27FN2O6S/c1-5-13-37-21-12-11-18(15-16(21)3)24(33)22-23(19-9-7-8-10-20(19)30)32(27(35)25(22)34)29-31-17(4)26(39-29)28(36)38-14-6-2/h6-12,15,23,33H,2,5,13-14H2,1,3-4H3/t23-/m1/s1. The Morgan fingerprint density at radius 3 is 2.64 bits per heavy atom. The molecule has 8 nitrogen and oxygen atoms in total. The Bertz CT molecular complexity index is 1490. The van der Waals surface area contributed by atoms with Gasteiger partial charge in [-0.1, -0.05) is 49.1 Å². The van der Waals surface area contributed by atoms with Crippen molar-refractivity contribution in [2.45, 2.75) is 33.2 Å². The first kappa shape index (κ1) is 27.7. The molecule has 3 aromatic rings. The van der Waals surface area contributed by atoms with Gasteiger partial charge in [0.2, 0.25) is 0 Å². The minimum absolute atomic E-state index is 0.00745. The van der Waals surface area contributed by atoms with Gasteiger partial charge in [0.15, 0.2) is 5.13 Å². The number of ketones is 1. The molecule has 39 heavy (non-hydrogen) atoms. The molecule has 0 saturated carbocycles. The lowest BCUT2D eigenvalue weighted by molar-refractivity contribution is -0.132. The van der Waals surface area contributed by atoms with E-state index in [1.54, 1.807) is 38.1 Å². The van der Waals surface area contributed by atoms with Crippen molar-refractivity contribution in [2.75, 3.05) is 18.1 Å². The molecule has 202 valence electrons. The number of nitrogens with zero attached hydrogens (tertiary/aromatic N) is 2. The number of thiazole rings is 1. The third kappa shape index (κ3) is 5.33. The van der Waals surface area contributed by atoms with E-state index in [1.165, 1.54) is 24.3 Å². The normalized spacial score (nSPS) is 16.4. The van der Waals surface area contributed by atoms with Gasteiger partial charge >= 0.3 is 11.9 Å². The van der Waals surface area contributed by atoms with E-state index in [-0.39, 0.29) is 39.0 Å². The molecule has 0 spiro atoms. The number of benzene rings is 2. The zero-order valence-electron chi connectivity index (χ0n) is 21.7. The number of rotatable bonds is 9. The highest BCUT2D eigenvalue weighted by atomic mass is 32.1. The molecule has 1 N–H and O–H groups in total. The summed E-state index contributed by atoms with van der Waals surface area (Å²) in [6, 6.07) is 9.21. The lowest BCUT2D eigenvalue weighted by Crippen LogP contribution is -2.29. The van der Waals surface area contributed by atoms with E-state index in [9.17, 15) is 19.5 Å². The maximum atomic E-state index is 15.1. The summed E-state index contributed by atoms with van der Waals surface area (Å²) in [7, 11) is 0. The SMILES string of the molecule is C=CCOC(=O)c1sc(N2C(=O)C(=O)C(=C(O)c3ccc(OCCC)c(C)c3)[C@H]2c2ccccc2F)nc1C. The van der Waals surface area contributed by atoms with Crippen LogP contribution < -0.4 is 9.64 Å². The van der Waals surface area contributed by atoms with Crippen LogP contribution in [0, 0.1) is 19.7 Å². The first-order valence-corrected chi connectivity index (χ1v) is 13.1. The summed E-state index contributed by atoms with van der Waals surface area (Å²) in [4.78, 5) is 44.7. The van der Waals surface area contributed by atoms with Crippen molar-refractivity contribution in [3.8, 4) is 5.75 Å². The topological polar surface area (TPSA) is 106 Å². The van der Waals surface area contributed by atoms with Gasteiger partial charge in [0.05, 0.1) is 17.9 Å². The fourth-order valence-electron chi connectivity index (χ4n) is 4.22. The smallest absolute Gasteiger partial charge is 0.350 e. The molecule has 1 fully saturated rings. The van der Waals surface area contributed by atoms with Gasteiger partial charge in [0.1, 0.15) is 34.9 Å². The van der Waals surface area contributed by atoms with Crippen LogP contribution in [0.3, 0.4) is 0 Å². The number of aliphatic hydroxyl groups excluding tert-OH is 1. The molecule has 2 aromatic carbocycles. The van der Waals surface area contributed by atoms with Crippen LogP contribution in [0.15, 0.2) is 60.7 Å². The average molecular weight is 551 g/mol. The zero-order valence-corrected chi connectivity index (χ0v) is 22.5. The molecule has 10 heteroatoms. The summed E-state index contributed by atoms with van der Waals surface area (Å²) in [6.45, 7) is 9.33. The van der Waals surface area contributed by atoms with Crippen molar-refractivity contribution >= 4 is 39.9 Å². The number of hydrogen-bond donors (Lipinski definition) is 1. The number of amides is 1. The first-order valence-electron chi connectivity index (χ1n) is 12.2. The number of aromatic nitrogens is 1. The number of carbonyl (C=O) groups is 3.